The van der Waals surface area contributed by atoms with Crippen LogP contribution in [0.1, 0.15) is 5.56 Å². The van der Waals surface area contributed by atoms with Crippen molar-refractivity contribution in [2.75, 3.05) is 17.5 Å². The van der Waals surface area contributed by atoms with Crippen LogP contribution in [0.25, 0.3) is 0 Å². The van der Waals surface area contributed by atoms with Gasteiger partial charge >= 0.3 is 0 Å². The van der Waals surface area contributed by atoms with E-state index in [9.17, 15) is 13.5 Å². The standard InChI is InChI=1S/C22H19BrN2O4S/c23-18-8-10-21(11-9-18)29-16-20(26)15-25(19-4-2-1-3-5-19)30(27,28)22-12-6-17(14-24)7-13-22/h1-13,20,26H,15-16H2/t20-/m0/s1. The van der Waals surface area contributed by atoms with Gasteiger partial charge in [-0.25, -0.2) is 8.42 Å². The fourth-order valence-corrected chi connectivity index (χ4v) is 4.50. The Kier molecular flexibility index (Phi) is 7.11. The second-order valence-electron chi connectivity index (χ2n) is 6.43. The fraction of sp³-hybridized carbons (Fsp3) is 0.136. The largest absolute Gasteiger partial charge is 0.491 e. The van der Waals surface area contributed by atoms with Crippen LogP contribution < -0.4 is 9.04 Å². The first-order valence-electron chi connectivity index (χ1n) is 9.04. The molecule has 6 nitrogen and oxygen atoms in total. The molecular weight excluding hydrogens is 468 g/mol. The van der Waals surface area contributed by atoms with E-state index in [-0.39, 0.29) is 18.0 Å². The highest BCUT2D eigenvalue weighted by atomic mass is 79.9. The van der Waals surface area contributed by atoms with E-state index < -0.39 is 16.1 Å². The van der Waals surface area contributed by atoms with Crippen LogP contribution in [0.4, 0.5) is 5.69 Å². The first kappa shape index (κ1) is 21.8. The quantitative estimate of drug-likeness (QED) is 0.520. The molecule has 0 bridgehead atoms. The van der Waals surface area contributed by atoms with Crippen molar-refractivity contribution in [2.24, 2.45) is 0 Å². The Balaban J connectivity index is 1.81. The number of benzene rings is 3. The van der Waals surface area contributed by atoms with Crippen LogP contribution in [0.5, 0.6) is 5.75 Å². The molecule has 1 N–H and O–H groups in total. The molecule has 154 valence electrons. The minimum absolute atomic E-state index is 0.0337. The van der Waals surface area contributed by atoms with Crippen LogP contribution >= 0.6 is 15.9 Å². The van der Waals surface area contributed by atoms with Crippen molar-refractivity contribution in [1.82, 2.24) is 0 Å². The lowest BCUT2D eigenvalue weighted by molar-refractivity contribution is 0.115. The maximum atomic E-state index is 13.3. The molecule has 3 aromatic rings. The van der Waals surface area contributed by atoms with Gasteiger partial charge in [-0.05, 0) is 60.7 Å². The summed E-state index contributed by atoms with van der Waals surface area (Å²) < 4.78 is 34.2. The molecule has 0 aromatic heterocycles. The van der Waals surface area contributed by atoms with Gasteiger partial charge in [0.1, 0.15) is 18.5 Å². The predicted octanol–water partition coefficient (Wildman–Crippen LogP) is 3.96. The number of nitrogens with zero attached hydrogens (tertiary/aromatic N) is 2. The topological polar surface area (TPSA) is 90.6 Å². The Morgan fingerprint density at radius 2 is 1.63 bits per heavy atom. The molecule has 30 heavy (non-hydrogen) atoms. The first-order chi connectivity index (χ1) is 14.4. The smallest absolute Gasteiger partial charge is 0.264 e. The zero-order chi connectivity index (χ0) is 21.6. The maximum Gasteiger partial charge on any atom is 0.264 e. The Hall–Kier alpha value is -2.86. The third-order valence-electron chi connectivity index (χ3n) is 4.25. The summed E-state index contributed by atoms with van der Waals surface area (Å²) in [7, 11) is -3.96. The number of halogens is 1. The van der Waals surface area contributed by atoms with Gasteiger partial charge in [-0.15, -0.1) is 0 Å². The lowest BCUT2D eigenvalue weighted by Gasteiger charge is -2.27. The number of sulfonamides is 1. The van der Waals surface area contributed by atoms with Crippen molar-refractivity contribution in [3.8, 4) is 11.8 Å². The van der Waals surface area contributed by atoms with Crippen molar-refractivity contribution < 1.29 is 18.3 Å². The third kappa shape index (κ3) is 5.39. The van der Waals surface area contributed by atoms with Gasteiger partial charge < -0.3 is 9.84 Å². The number of hydrogen-bond acceptors (Lipinski definition) is 5. The van der Waals surface area contributed by atoms with E-state index in [2.05, 4.69) is 15.9 Å². The monoisotopic (exact) mass is 486 g/mol. The van der Waals surface area contributed by atoms with Crippen LogP contribution in [0.2, 0.25) is 0 Å². The van der Waals surface area contributed by atoms with Crippen molar-refractivity contribution in [3.05, 3.63) is 88.9 Å². The summed E-state index contributed by atoms with van der Waals surface area (Å²) in [5.41, 5.74) is 0.785. The zero-order valence-corrected chi connectivity index (χ0v) is 18.3. The summed E-state index contributed by atoms with van der Waals surface area (Å²) in [6, 6.07) is 23.3. The van der Waals surface area contributed by atoms with E-state index in [0.717, 1.165) is 8.78 Å². The number of hydrogen-bond donors (Lipinski definition) is 1. The van der Waals surface area contributed by atoms with Crippen molar-refractivity contribution in [1.29, 1.82) is 5.26 Å². The number of ether oxygens (including phenoxy) is 1. The summed E-state index contributed by atoms with van der Waals surface area (Å²) in [6.07, 6.45) is -1.07. The highest BCUT2D eigenvalue weighted by Crippen LogP contribution is 2.24. The Morgan fingerprint density at radius 1 is 1.00 bits per heavy atom. The lowest BCUT2D eigenvalue weighted by Crippen LogP contribution is -2.39. The number of rotatable bonds is 8. The molecule has 0 fully saturated rings. The van der Waals surface area contributed by atoms with Crippen molar-refractivity contribution in [3.63, 3.8) is 0 Å². The molecule has 0 amide bonds. The van der Waals surface area contributed by atoms with Gasteiger partial charge in [0.05, 0.1) is 28.8 Å². The summed E-state index contributed by atoms with van der Waals surface area (Å²) in [6.45, 7) is -0.267. The van der Waals surface area contributed by atoms with Gasteiger partial charge in [-0.1, -0.05) is 34.1 Å². The molecule has 8 heteroatoms. The third-order valence-corrected chi connectivity index (χ3v) is 6.58. The number of aliphatic hydroxyl groups is 1. The lowest BCUT2D eigenvalue weighted by atomic mass is 10.2. The average Bonchev–Trinajstić information content (AvgIpc) is 2.77. The van der Waals surface area contributed by atoms with E-state index in [4.69, 9.17) is 10.00 Å². The van der Waals surface area contributed by atoms with Gasteiger partial charge in [0.15, 0.2) is 0 Å². The summed E-state index contributed by atoms with van der Waals surface area (Å²) in [4.78, 5) is 0.0337. The molecule has 0 aliphatic heterocycles. The van der Waals surface area contributed by atoms with E-state index in [1.807, 2.05) is 18.2 Å². The Bertz CT molecular complexity index is 1110. The summed E-state index contributed by atoms with van der Waals surface area (Å²) in [5.74, 6) is 0.568. The van der Waals surface area contributed by atoms with Gasteiger partial charge in [0.2, 0.25) is 0 Å². The molecule has 0 unspecified atom stereocenters. The molecule has 0 saturated carbocycles. The zero-order valence-electron chi connectivity index (χ0n) is 15.8. The highest BCUT2D eigenvalue weighted by Gasteiger charge is 2.27. The molecule has 0 saturated heterocycles. The number of nitriles is 1. The highest BCUT2D eigenvalue weighted by molar-refractivity contribution is 9.10. The SMILES string of the molecule is N#Cc1ccc(S(=O)(=O)N(C[C@H](O)COc2ccc(Br)cc2)c2ccccc2)cc1. The van der Waals surface area contributed by atoms with Crippen LogP contribution in [-0.4, -0.2) is 32.8 Å². The van der Waals surface area contributed by atoms with E-state index >= 15 is 0 Å². The van der Waals surface area contributed by atoms with Crippen LogP contribution in [0.3, 0.4) is 0 Å². The molecule has 1 atom stereocenters. The Morgan fingerprint density at radius 3 is 2.23 bits per heavy atom. The van der Waals surface area contributed by atoms with E-state index in [1.165, 1.54) is 24.3 Å². The van der Waals surface area contributed by atoms with Gasteiger partial charge in [0, 0.05) is 4.47 Å². The normalized spacial score (nSPS) is 12.0. The predicted molar refractivity (Wildman–Crippen MR) is 118 cm³/mol. The van der Waals surface area contributed by atoms with E-state index in [0.29, 0.717) is 17.0 Å². The number of aliphatic hydroxyl groups excluding tert-OH is 1. The molecule has 0 heterocycles. The van der Waals surface area contributed by atoms with E-state index in [1.54, 1.807) is 42.5 Å². The van der Waals surface area contributed by atoms with Crippen LogP contribution in [-0.2, 0) is 10.0 Å². The first-order valence-corrected chi connectivity index (χ1v) is 11.3. The Labute approximate surface area is 184 Å². The van der Waals surface area contributed by atoms with Gasteiger partial charge in [-0.2, -0.15) is 5.26 Å². The van der Waals surface area contributed by atoms with Crippen LogP contribution in [0, 0.1) is 11.3 Å². The molecule has 0 radical (unpaired) electrons. The second-order valence-corrected chi connectivity index (χ2v) is 9.20. The maximum absolute atomic E-state index is 13.3. The van der Waals surface area contributed by atoms with Gasteiger partial charge in [-0.3, -0.25) is 4.31 Å². The molecule has 3 rings (SSSR count). The van der Waals surface area contributed by atoms with Crippen molar-refractivity contribution in [2.45, 2.75) is 11.0 Å². The number of anilines is 1. The molecule has 0 spiro atoms. The second kappa shape index (κ2) is 9.76. The average molecular weight is 487 g/mol. The molecule has 0 aliphatic rings. The summed E-state index contributed by atoms with van der Waals surface area (Å²) in [5, 5.41) is 19.5. The minimum Gasteiger partial charge on any atom is -0.491 e. The van der Waals surface area contributed by atoms with Crippen molar-refractivity contribution >= 4 is 31.6 Å². The fourth-order valence-electron chi connectivity index (χ4n) is 2.73. The minimum atomic E-state index is -3.96. The summed E-state index contributed by atoms with van der Waals surface area (Å²) >= 11 is 3.34. The molecular formula is C22H19BrN2O4S. The van der Waals surface area contributed by atoms with Gasteiger partial charge in [0.25, 0.3) is 10.0 Å². The van der Waals surface area contributed by atoms with Crippen LogP contribution in [0.15, 0.2) is 88.2 Å². The molecule has 3 aromatic carbocycles. The number of para-hydroxylation sites is 1. The molecule has 0 aliphatic carbocycles.